The summed E-state index contributed by atoms with van der Waals surface area (Å²) in [7, 11) is 0. The highest BCUT2D eigenvalue weighted by atomic mass is 16.6. The predicted octanol–water partition coefficient (Wildman–Crippen LogP) is 3.00. The van der Waals surface area contributed by atoms with E-state index >= 15 is 0 Å². The van der Waals surface area contributed by atoms with Gasteiger partial charge in [-0.15, -0.1) is 0 Å². The number of fused-ring (bicyclic) bond motifs is 1. The van der Waals surface area contributed by atoms with Crippen LogP contribution < -0.4 is 15.8 Å². The molecule has 1 aliphatic carbocycles. The van der Waals surface area contributed by atoms with Crippen LogP contribution in [0.5, 0.6) is 0 Å². The SMILES string of the molecule is CC(C)(C)OC(=O)C1CN(C2CCCCC2)c2ccccc2N(N)C1=O. The lowest BCUT2D eigenvalue weighted by atomic mass is 9.93. The number of rotatable bonds is 2. The molecule has 1 amide bonds. The molecule has 2 aliphatic rings. The van der Waals surface area contributed by atoms with Gasteiger partial charge in [-0.05, 0) is 45.7 Å². The van der Waals surface area contributed by atoms with Crippen molar-refractivity contribution in [1.82, 2.24) is 0 Å². The highest BCUT2D eigenvalue weighted by molar-refractivity contribution is 6.08. The van der Waals surface area contributed by atoms with Gasteiger partial charge in [-0.25, -0.2) is 10.9 Å². The van der Waals surface area contributed by atoms with Gasteiger partial charge in [0.15, 0.2) is 5.92 Å². The smallest absolute Gasteiger partial charge is 0.320 e. The monoisotopic (exact) mass is 359 g/mol. The number of ether oxygens (including phenoxy) is 1. The number of hydrogen-bond donors (Lipinski definition) is 1. The Kier molecular flexibility index (Phi) is 5.23. The van der Waals surface area contributed by atoms with E-state index in [0.717, 1.165) is 23.5 Å². The van der Waals surface area contributed by atoms with Crippen molar-refractivity contribution in [3.05, 3.63) is 24.3 Å². The fourth-order valence-electron chi connectivity index (χ4n) is 3.86. The number of carbonyl (C=O) groups is 2. The Morgan fingerprint density at radius 3 is 2.35 bits per heavy atom. The van der Waals surface area contributed by atoms with Crippen molar-refractivity contribution >= 4 is 23.3 Å². The predicted molar refractivity (Wildman–Crippen MR) is 102 cm³/mol. The molecule has 3 rings (SSSR count). The Bertz CT molecular complexity index is 677. The van der Waals surface area contributed by atoms with Crippen molar-refractivity contribution in [3.8, 4) is 0 Å². The van der Waals surface area contributed by atoms with Gasteiger partial charge >= 0.3 is 5.97 Å². The maximum atomic E-state index is 12.9. The molecular formula is C20H29N3O3. The second-order valence-electron chi connectivity index (χ2n) is 8.23. The van der Waals surface area contributed by atoms with Crippen LogP contribution in [0.3, 0.4) is 0 Å². The number of hydrogen-bond acceptors (Lipinski definition) is 5. The quantitative estimate of drug-likeness (QED) is 0.380. The Hall–Kier alpha value is -2.08. The molecule has 1 aliphatic heterocycles. The molecule has 1 atom stereocenters. The summed E-state index contributed by atoms with van der Waals surface area (Å²) in [6.07, 6.45) is 5.70. The van der Waals surface area contributed by atoms with Gasteiger partial charge in [-0.2, -0.15) is 0 Å². The number of anilines is 2. The van der Waals surface area contributed by atoms with E-state index in [1.807, 2.05) is 24.3 Å². The fourth-order valence-corrected chi connectivity index (χ4v) is 3.86. The number of nitrogens with two attached hydrogens (primary N) is 1. The second kappa shape index (κ2) is 7.27. The number of esters is 1. The van der Waals surface area contributed by atoms with E-state index in [2.05, 4.69) is 4.90 Å². The molecule has 1 heterocycles. The largest absolute Gasteiger partial charge is 0.459 e. The van der Waals surface area contributed by atoms with Gasteiger partial charge in [0.2, 0.25) is 0 Å². The van der Waals surface area contributed by atoms with Crippen molar-refractivity contribution < 1.29 is 14.3 Å². The van der Waals surface area contributed by atoms with Crippen molar-refractivity contribution in [2.45, 2.75) is 64.5 Å². The minimum absolute atomic E-state index is 0.309. The molecule has 0 spiro atoms. The zero-order valence-electron chi connectivity index (χ0n) is 15.9. The zero-order valence-corrected chi connectivity index (χ0v) is 15.9. The summed E-state index contributed by atoms with van der Waals surface area (Å²) < 4.78 is 5.52. The maximum Gasteiger partial charge on any atom is 0.320 e. The van der Waals surface area contributed by atoms with E-state index in [4.69, 9.17) is 10.6 Å². The third-order valence-electron chi connectivity index (χ3n) is 5.07. The molecule has 2 N–H and O–H groups in total. The molecule has 1 aromatic carbocycles. The topological polar surface area (TPSA) is 75.9 Å². The number of hydrazine groups is 1. The van der Waals surface area contributed by atoms with E-state index < -0.39 is 23.4 Å². The van der Waals surface area contributed by atoms with Gasteiger partial charge in [0, 0.05) is 12.6 Å². The van der Waals surface area contributed by atoms with Crippen LogP contribution in [0.2, 0.25) is 0 Å². The maximum absolute atomic E-state index is 12.9. The summed E-state index contributed by atoms with van der Waals surface area (Å²) in [5.41, 5.74) is 0.918. The number of para-hydroxylation sites is 2. The van der Waals surface area contributed by atoms with Crippen LogP contribution in [0.1, 0.15) is 52.9 Å². The van der Waals surface area contributed by atoms with Gasteiger partial charge in [0.05, 0.1) is 11.4 Å². The van der Waals surface area contributed by atoms with E-state index in [0.29, 0.717) is 18.3 Å². The lowest BCUT2D eigenvalue weighted by molar-refractivity contribution is -0.161. The van der Waals surface area contributed by atoms with Crippen LogP contribution in [0.4, 0.5) is 11.4 Å². The zero-order chi connectivity index (χ0) is 18.9. The van der Waals surface area contributed by atoms with Crippen molar-refractivity contribution in [2.75, 3.05) is 16.5 Å². The first kappa shape index (κ1) is 18.7. The normalized spacial score (nSPS) is 22.0. The van der Waals surface area contributed by atoms with Crippen LogP contribution >= 0.6 is 0 Å². The number of carbonyl (C=O) groups excluding carboxylic acids is 2. The van der Waals surface area contributed by atoms with Gasteiger partial charge in [0.1, 0.15) is 5.60 Å². The van der Waals surface area contributed by atoms with Gasteiger partial charge in [0.25, 0.3) is 5.91 Å². The summed E-state index contributed by atoms with van der Waals surface area (Å²) in [5, 5.41) is 1.12. The molecule has 6 nitrogen and oxygen atoms in total. The number of amides is 1. The van der Waals surface area contributed by atoms with Crippen molar-refractivity contribution in [3.63, 3.8) is 0 Å². The minimum Gasteiger partial charge on any atom is -0.459 e. The Labute approximate surface area is 155 Å². The van der Waals surface area contributed by atoms with Crippen LogP contribution in [0.25, 0.3) is 0 Å². The van der Waals surface area contributed by atoms with Crippen molar-refractivity contribution in [2.24, 2.45) is 11.8 Å². The number of nitrogens with zero attached hydrogens (tertiary/aromatic N) is 2. The molecule has 1 unspecified atom stereocenters. The summed E-state index contributed by atoms with van der Waals surface area (Å²) in [4.78, 5) is 27.9. The van der Waals surface area contributed by atoms with Gasteiger partial charge < -0.3 is 9.64 Å². The minimum atomic E-state index is -0.923. The molecule has 0 aromatic heterocycles. The van der Waals surface area contributed by atoms with E-state index in [1.165, 1.54) is 19.3 Å². The lowest BCUT2D eigenvalue weighted by Crippen LogP contribution is -2.48. The average Bonchev–Trinajstić information content (AvgIpc) is 2.71. The van der Waals surface area contributed by atoms with Crippen LogP contribution in [0.15, 0.2) is 24.3 Å². The molecule has 1 aromatic rings. The summed E-state index contributed by atoms with van der Waals surface area (Å²) in [6.45, 7) is 5.73. The van der Waals surface area contributed by atoms with Gasteiger partial charge in [-0.3, -0.25) is 9.59 Å². The lowest BCUT2D eigenvalue weighted by Gasteiger charge is -2.37. The Balaban J connectivity index is 1.97. The first-order valence-corrected chi connectivity index (χ1v) is 9.45. The molecule has 0 bridgehead atoms. The van der Waals surface area contributed by atoms with E-state index in [9.17, 15) is 9.59 Å². The summed E-state index contributed by atoms with van der Waals surface area (Å²) >= 11 is 0. The second-order valence-corrected chi connectivity index (χ2v) is 8.23. The van der Waals surface area contributed by atoms with Crippen LogP contribution in [-0.4, -0.2) is 30.1 Å². The summed E-state index contributed by atoms with van der Waals surface area (Å²) in [6, 6.07) is 7.93. The van der Waals surface area contributed by atoms with Crippen LogP contribution in [0, 0.1) is 5.92 Å². The third kappa shape index (κ3) is 3.85. The molecule has 26 heavy (non-hydrogen) atoms. The molecule has 0 saturated heterocycles. The van der Waals surface area contributed by atoms with E-state index in [-0.39, 0.29) is 0 Å². The molecule has 142 valence electrons. The number of benzene rings is 1. The standard InChI is InChI=1S/C20H29N3O3/c1-20(2,3)26-19(25)15-13-22(14-9-5-4-6-10-14)16-11-7-8-12-17(16)23(21)18(15)24/h7-8,11-12,14-15H,4-6,9-10,13,21H2,1-3H3. The highest BCUT2D eigenvalue weighted by Gasteiger charge is 2.41. The molecular weight excluding hydrogens is 330 g/mol. The Morgan fingerprint density at radius 1 is 1.12 bits per heavy atom. The van der Waals surface area contributed by atoms with Crippen LogP contribution in [-0.2, 0) is 14.3 Å². The average molecular weight is 359 g/mol. The highest BCUT2D eigenvalue weighted by Crippen LogP contribution is 2.37. The molecule has 1 saturated carbocycles. The summed E-state index contributed by atoms with van der Waals surface area (Å²) in [5.74, 6) is 4.28. The first-order chi connectivity index (χ1) is 12.3. The Morgan fingerprint density at radius 2 is 1.73 bits per heavy atom. The fraction of sp³-hybridized carbons (Fsp3) is 0.600. The molecule has 6 heteroatoms. The van der Waals surface area contributed by atoms with Crippen molar-refractivity contribution in [1.29, 1.82) is 0 Å². The van der Waals surface area contributed by atoms with E-state index in [1.54, 1.807) is 20.8 Å². The molecule has 0 radical (unpaired) electrons. The van der Waals surface area contributed by atoms with Gasteiger partial charge in [-0.1, -0.05) is 31.4 Å². The molecule has 1 fully saturated rings. The third-order valence-corrected chi connectivity index (χ3v) is 5.07. The first-order valence-electron chi connectivity index (χ1n) is 9.45.